The molecule has 0 saturated heterocycles. The highest BCUT2D eigenvalue weighted by molar-refractivity contribution is 5.91. The Balaban J connectivity index is 2.15. The third kappa shape index (κ3) is 2.36. The zero-order valence-electron chi connectivity index (χ0n) is 8.46. The quantitative estimate of drug-likeness (QED) is 0.612. The van der Waals surface area contributed by atoms with Gasteiger partial charge in [-0.05, 0) is 24.3 Å². The summed E-state index contributed by atoms with van der Waals surface area (Å²) in [4.78, 5) is 15.5. The van der Waals surface area contributed by atoms with E-state index in [0.717, 1.165) is 0 Å². The Bertz CT molecular complexity index is 497. The summed E-state index contributed by atoms with van der Waals surface area (Å²) in [5.74, 6) is 0.352. The van der Waals surface area contributed by atoms with E-state index in [2.05, 4.69) is 4.98 Å². The lowest BCUT2D eigenvalue weighted by molar-refractivity contribution is 0.0734. The maximum atomic E-state index is 11.7. The van der Waals surface area contributed by atoms with E-state index in [4.69, 9.17) is 10.5 Å². The summed E-state index contributed by atoms with van der Waals surface area (Å²) in [7, 11) is 0. The second kappa shape index (κ2) is 4.44. The number of rotatable bonds is 2. The third-order valence-corrected chi connectivity index (χ3v) is 1.97. The van der Waals surface area contributed by atoms with Crippen molar-refractivity contribution < 1.29 is 9.53 Å². The average Bonchev–Trinajstić information content (AvgIpc) is 2.30. The zero-order valence-corrected chi connectivity index (χ0v) is 8.46. The molecule has 0 spiro atoms. The molecule has 0 radical (unpaired) electrons. The first-order valence-electron chi connectivity index (χ1n) is 4.74. The van der Waals surface area contributed by atoms with Crippen LogP contribution < -0.4 is 10.5 Å². The van der Waals surface area contributed by atoms with E-state index in [1.807, 2.05) is 6.07 Å². The predicted octanol–water partition coefficient (Wildman–Crippen LogP) is 1.88. The number of esters is 1. The van der Waals surface area contributed by atoms with Gasteiger partial charge in [0.15, 0.2) is 0 Å². The van der Waals surface area contributed by atoms with Gasteiger partial charge in [0.05, 0.1) is 5.56 Å². The molecule has 1 heterocycles. The SMILES string of the molecule is Nc1cc(C(=O)Oc2ccccc2)ccn1. The Morgan fingerprint density at radius 2 is 1.94 bits per heavy atom. The van der Waals surface area contributed by atoms with Crippen LogP contribution in [0, 0.1) is 0 Å². The number of nitrogens with zero attached hydrogens (tertiary/aromatic N) is 1. The van der Waals surface area contributed by atoms with Gasteiger partial charge in [-0.2, -0.15) is 0 Å². The zero-order chi connectivity index (χ0) is 11.4. The number of pyridine rings is 1. The first kappa shape index (κ1) is 10.2. The maximum Gasteiger partial charge on any atom is 0.343 e. The van der Waals surface area contributed by atoms with Crippen molar-refractivity contribution in [3.8, 4) is 5.75 Å². The Kier molecular flexibility index (Phi) is 2.82. The van der Waals surface area contributed by atoms with Gasteiger partial charge in [-0.1, -0.05) is 18.2 Å². The molecule has 0 aliphatic heterocycles. The van der Waals surface area contributed by atoms with Crippen molar-refractivity contribution in [2.45, 2.75) is 0 Å². The number of aromatic nitrogens is 1. The summed E-state index contributed by atoms with van der Waals surface area (Å²) in [6, 6.07) is 11.9. The van der Waals surface area contributed by atoms with Gasteiger partial charge in [0.1, 0.15) is 11.6 Å². The van der Waals surface area contributed by atoms with E-state index in [1.165, 1.54) is 12.3 Å². The van der Waals surface area contributed by atoms with Crippen LogP contribution in [0.25, 0.3) is 0 Å². The van der Waals surface area contributed by atoms with Gasteiger partial charge in [0.2, 0.25) is 0 Å². The molecule has 4 heteroatoms. The first-order valence-corrected chi connectivity index (χ1v) is 4.74. The van der Waals surface area contributed by atoms with Gasteiger partial charge in [0.25, 0.3) is 0 Å². The van der Waals surface area contributed by atoms with Crippen LogP contribution in [-0.4, -0.2) is 11.0 Å². The van der Waals surface area contributed by atoms with E-state index in [-0.39, 0.29) is 0 Å². The number of carbonyl (C=O) groups is 1. The Labute approximate surface area is 92.7 Å². The van der Waals surface area contributed by atoms with Crippen LogP contribution in [0.1, 0.15) is 10.4 Å². The molecule has 2 rings (SSSR count). The summed E-state index contributed by atoms with van der Waals surface area (Å²) in [5.41, 5.74) is 5.86. The van der Waals surface area contributed by atoms with Crippen LogP contribution in [0.4, 0.5) is 5.82 Å². The van der Waals surface area contributed by atoms with E-state index >= 15 is 0 Å². The van der Waals surface area contributed by atoms with Crippen LogP contribution in [0.15, 0.2) is 48.7 Å². The molecule has 2 aromatic rings. The normalized spacial score (nSPS) is 9.75. The van der Waals surface area contributed by atoms with E-state index in [1.54, 1.807) is 30.3 Å². The fourth-order valence-corrected chi connectivity index (χ4v) is 1.23. The maximum absolute atomic E-state index is 11.7. The number of carbonyl (C=O) groups excluding carboxylic acids is 1. The molecule has 0 bridgehead atoms. The van der Waals surface area contributed by atoms with Gasteiger partial charge in [0, 0.05) is 6.20 Å². The fraction of sp³-hybridized carbons (Fsp3) is 0. The van der Waals surface area contributed by atoms with Crippen molar-refractivity contribution in [3.05, 3.63) is 54.2 Å². The molecule has 0 saturated carbocycles. The Morgan fingerprint density at radius 3 is 2.62 bits per heavy atom. The largest absolute Gasteiger partial charge is 0.423 e. The summed E-state index contributed by atoms with van der Waals surface area (Å²) >= 11 is 0. The van der Waals surface area contributed by atoms with Crippen molar-refractivity contribution in [2.24, 2.45) is 0 Å². The molecule has 1 aromatic heterocycles. The standard InChI is InChI=1S/C12H10N2O2/c13-11-8-9(6-7-14-11)12(15)16-10-4-2-1-3-5-10/h1-8H,(H2,13,14). The molecule has 1 aromatic carbocycles. The molecule has 80 valence electrons. The molecule has 0 amide bonds. The predicted molar refractivity (Wildman–Crippen MR) is 60.0 cm³/mol. The van der Waals surface area contributed by atoms with Crippen LogP contribution >= 0.6 is 0 Å². The van der Waals surface area contributed by atoms with Crippen molar-refractivity contribution in [1.29, 1.82) is 0 Å². The first-order chi connectivity index (χ1) is 7.75. The fourth-order valence-electron chi connectivity index (χ4n) is 1.23. The molecule has 0 aliphatic rings. The molecular formula is C12H10N2O2. The van der Waals surface area contributed by atoms with Crippen LogP contribution in [0.3, 0.4) is 0 Å². The average molecular weight is 214 g/mol. The summed E-state index contributed by atoms with van der Waals surface area (Å²) < 4.78 is 5.13. The molecule has 0 fully saturated rings. The van der Waals surface area contributed by atoms with Gasteiger partial charge < -0.3 is 10.5 Å². The van der Waals surface area contributed by atoms with Crippen LogP contribution in [0.2, 0.25) is 0 Å². The number of hydrogen-bond donors (Lipinski definition) is 1. The number of ether oxygens (including phenoxy) is 1. The molecular weight excluding hydrogens is 204 g/mol. The number of hydrogen-bond acceptors (Lipinski definition) is 4. The van der Waals surface area contributed by atoms with Gasteiger partial charge in [-0.25, -0.2) is 9.78 Å². The lowest BCUT2D eigenvalue weighted by Crippen LogP contribution is -2.09. The summed E-state index contributed by atoms with van der Waals surface area (Å²) in [6.07, 6.45) is 1.47. The molecule has 0 aliphatic carbocycles. The van der Waals surface area contributed by atoms with Crippen molar-refractivity contribution in [1.82, 2.24) is 4.98 Å². The topological polar surface area (TPSA) is 65.2 Å². The van der Waals surface area contributed by atoms with Gasteiger partial charge in [-0.15, -0.1) is 0 Å². The van der Waals surface area contributed by atoms with Gasteiger partial charge >= 0.3 is 5.97 Å². The van der Waals surface area contributed by atoms with Crippen molar-refractivity contribution in [2.75, 3.05) is 5.73 Å². The molecule has 4 nitrogen and oxygen atoms in total. The molecule has 0 atom stereocenters. The Hall–Kier alpha value is -2.36. The highest BCUT2D eigenvalue weighted by Gasteiger charge is 2.08. The third-order valence-electron chi connectivity index (χ3n) is 1.97. The second-order valence-corrected chi connectivity index (χ2v) is 3.17. The lowest BCUT2D eigenvalue weighted by atomic mass is 10.2. The number of benzene rings is 1. The molecule has 16 heavy (non-hydrogen) atoms. The number of anilines is 1. The number of nitrogens with two attached hydrogens (primary N) is 1. The monoisotopic (exact) mass is 214 g/mol. The highest BCUT2D eigenvalue weighted by Crippen LogP contribution is 2.12. The minimum absolute atomic E-state index is 0.294. The van der Waals surface area contributed by atoms with E-state index in [0.29, 0.717) is 17.1 Å². The van der Waals surface area contributed by atoms with E-state index < -0.39 is 5.97 Å². The lowest BCUT2D eigenvalue weighted by Gasteiger charge is -2.03. The highest BCUT2D eigenvalue weighted by atomic mass is 16.5. The van der Waals surface area contributed by atoms with Crippen LogP contribution in [0.5, 0.6) is 5.75 Å². The van der Waals surface area contributed by atoms with Crippen LogP contribution in [-0.2, 0) is 0 Å². The molecule has 0 unspecified atom stereocenters. The Morgan fingerprint density at radius 1 is 1.19 bits per heavy atom. The van der Waals surface area contributed by atoms with Gasteiger partial charge in [-0.3, -0.25) is 0 Å². The molecule has 2 N–H and O–H groups in total. The summed E-state index contributed by atoms with van der Waals surface area (Å²) in [6.45, 7) is 0. The van der Waals surface area contributed by atoms with Crippen molar-refractivity contribution >= 4 is 11.8 Å². The number of para-hydroxylation sites is 1. The number of nitrogen functional groups attached to an aromatic ring is 1. The van der Waals surface area contributed by atoms with Crippen molar-refractivity contribution in [3.63, 3.8) is 0 Å². The minimum Gasteiger partial charge on any atom is -0.423 e. The minimum atomic E-state index is -0.444. The smallest absolute Gasteiger partial charge is 0.343 e. The van der Waals surface area contributed by atoms with E-state index in [9.17, 15) is 4.79 Å². The second-order valence-electron chi connectivity index (χ2n) is 3.17. The summed E-state index contributed by atoms with van der Waals surface area (Å²) in [5, 5.41) is 0.